The minimum absolute atomic E-state index is 1.25. The van der Waals surface area contributed by atoms with Gasteiger partial charge >= 0.3 is 0 Å². The first-order valence-corrected chi connectivity index (χ1v) is 12.8. The van der Waals surface area contributed by atoms with E-state index in [1.54, 1.807) is 11.1 Å². The van der Waals surface area contributed by atoms with Gasteiger partial charge < -0.3 is 0 Å². The summed E-state index contributed by atoms with van der Waals surface area (Å²) in [6.07, 6.45) is 19.7. The molecule has 0 spiro atoms. The second-order valence-electron chi connectivity index (χ2n) is 9.12. The molecule has 3 aromatic rings. The molecule has 0 radical (unpaired) electrons. The van der Waals surface area contributed by atoms with Crippen molar-refractivity contribution in [2.45, 2.75) is 104 Å². The highest BCUT2D eigenvalue weighted by Crippen LogP contribution is 2.33. The summed E-state index contributed by atoms with van der Waals surface area (Å²) in [5, 5.41) is 5.64. The Morgan fingerprint density at radius 2 is 1.13 bits per heavy atom. The summed E-state index contributed by atoms with van der Waals surface area (Å²) in [6, 6.07) is 18.0. The Labute approximate surface area is 185 Å². The molecule has 4 rings (SSSR count). The lowest BCUT2D eigenvalue weighted by Gasteiger charge is -2.18. The van der Waals surface area contributed by atoms with Gasteiger partial charge in [-0.3, -0.25) is 0 Å². The minimum atomic E-state index is 1.25. The van der Waals surface area contributed by atoms with E-state index in [0.717, 1.165) is 0 Å². The lowest BCUT2D eigenvalue weighted by atomic mass is 9.86. The Morgan fingerprint density at radius 3 is 1.83 bits per heavy atom. The normalized spacial score (nSPS) is 13.1. The van der Waals surface area contributed by atoms with Gasteiger partial charge in [-0.2, -0.15) is 0 Å². The SMILES string of the molecule is CCCCCCCCCCCC.c1ccc2c(c1)ccc1c3c(ccc12)CCCC3. The molecule has 0 nitrogen and oxygen atoms in total. The molecule has 0 N–H and O–H groups in total. The van der Waals surface area contributed by atoms with Gasteiger partial charge in [0.1, 0.15) is 0 Å². The van der Waals surface area contributed by atoms with Crippen LogP contribution in [-0.2, 0) is 12.8 Å². The third-order valence-electron chi connectivity index (χ3n) is 6.71. The molecular formula is C30H42. The average Bonchev–Trinajstić information content (AvgIpc) is 2.81. The third-order valence-corrected chi connectivity index (χ3v) is 6.71. The van der Waals surface area contributed by atoms with Crippen molar-refractivity contribution < 1.29 is 0 Å². The van der Waals surface area contributed by atoms with Crippen LogP contribution in [0.4, 0.5) is 0 Å². The summed E-state index contributed by atoms with van der Waals surface area (Å²) in [6.45, 7) is 4.56. The van der Waals surface area contributed by atoms with Gasteiger partial charge in [0.2, 0.25) is 0 Å². The molecule has 0 heterocycles. The number of unbranched alkanes of at least 4 members (excludes halogenated alkanes) is 9. The summed E-state index contributed by atoms with van der Waals surface area (Å²) in [4.78, 5) is 0. The van der Waals surface area contributed by atoms with Gasteiger partial charge in [0.25, 0.3) is 0 Å². The quantitative estimate of drug-likeness (QED) is 0.247. The van der Waals surface area contributed by atoms with Crippen LogP contribution >= 0.6 is 0 Å². The molecule has 0 saturated carbocycles. The van der Waals surface area contributed by atoms with Gasteiger partial charge in [-0.1, -0.05) is 127 Å². The molecule has 30 heavy (non-hydrogen) atoms. The Morgan fingerprint density at radius 1 is 0.533 bits per heavy atom. The van der Waals surface area contributed by atoms with Gasteiger partial charge in [-0.25, -0.2) is 0 Å². The molecule has 0 aromatic heterocycles. The van der Waals surface area contributed by atoms with Crippen molar-refractivity contribution in [3.63, 3.8) is 0 Å². The zero-order chi connectivity index (χ0) is 21.0. The summed E-state index contributed by atoms with van der Waals surface area (Å²) < 4.78 is 0. The van der Waals surface area contributed by atoms with Crippen LogP contribution in [0.3, 0.4) is 0 Å². The second-order valence-corrected chi connectivity index (χ2v) is 9.12. The summed E-state index contributed by atoms with van der Waals surface area (Å²) in [5.41, 5.74) is 3.17. The average molecular weight is 403 g/mol. The highest BCUT2D eigenvalue weighted by Gasteiger charge is 2.13. The van der Waals surface area contributed by atoms with Gasteiger partial charge in [-0.05, 0) is 58.4 Å². The van der Waals surface area contributed by atoms with Crippen LogP contribution in [0.1, 0.15) is 102 Å². The van der Waals surface area contributed by atoms with Gasteiger partial charge in [0.05, 0.1) is 0 Å². The zero-order valence-corrected chi connectivity index (χ0v) is 19.5. The van der Waals surface area contributed by atoms with Crippen LogP contribution in [-0.4, -0.2) is 0 Å². The maximum absolute atomic E-state index is 2.35. The largest absolute Gasteiger partial charge is 0.0654 e. The molecule has 0 aliphatic heterocycles. The molecule has 0 bridgehead atoms. The Bertz CT molecular complexity index is 879. The second kappa shape index (κ2) is 12.8. The van der Waals surface area contributed by atoms with Gasteiger partial charge in [0, 0.05) is 0 Å². The molecule has 162 valence electrons. The van der Waals surface area contributed by atoms with Gasteiger partial charge in [0.15, 0.2) is 0 Å². The van der Waals surface area contributed by atoms with Crippen molar-refractivity contribution in [2.24, 2.45) is 0 Å². The van der Waals surface area contributed by atoms with Crippen molar-refractivity contribution in [3.8, 4) is 0 Å². The minimum Gasteiger partial charge on any atom is -0.0654 e. The molecule has 0 saturated heterocycles. The predicted octanol–water partition coefficient (Wildman–Crippen LogP) is 9.80. The van der Waals surface area contributed by atoms with E-state index in [9.17, 15) is 0 Å². The van der Waals surface area contributed by atoms with Crippen LogP contribution in [0.25, 0.3) is 21.5 Å². The molecular weight excluding hydrogens is 360 g/mol. The third kappa shape index (κ3) is 6.34. The number of benzene rings is 3. The number of aryl methyl sites for hydroxylation is 2. The molecule has 3 aromatic carbocycles. The number of hydrogen-bond acceptors (Lipinski definition) is 0. The molecule has 0 heteroatoms. The fourth-order valence-corrected chi connectivity index (χ4v) is 4.90. The maximum Gasteiger partial charge on any atom is -0.0102 e. The molecule has 0 fully saturated rings. The topological polar surface area (TPSA) is 0 Å². The highest BCUT2D eigenvalue weighted by molar-refractivity contribution is 6.08. The molecule has 0 unspecified atom stereocenters. The fraction of sp³-hybridized carbons (Fsp3) is 0.533. The predicted molar refractivity (Wildman–Crippen MR) is 136 cm³/mol. The van der Waals surface area contributed by atoms with E-state index in [0.29, 0.717) is 0 Å². The van der Waals surface area contributed by atoms with Crippen LogP contribution in [0.5, 0.6) is 0 Å². The lowest BCUT2D eigenvalue weighted by molar-refractivity contribution is 0.562. The zero-order valence-electron chi connectivity index (χ0n) is 19.5. The van der Waals surface area contributed by atoms with E-state index in [1.807, 2.05) is 0 Å². The van der Waals surface area contributed by atoms with E-state index < -0.39 is 0 Å². The van der Waals surface area contributed by atoms with E-state index in [1.165, 1.54) is 111 Å². The summed E-state index contributed by atoms with van der Waals surface area (Å²) in [7, 11) is 0. The van der Waals surface area contributed by atoms with Crippen LogP contribution in [0.2, 0.25) is 0 Å². The number of rotatable bonds is 9. The number of hydrogen-bond donors (Lipinski definition) is 0. The smallest absolute Gasteiger partial charge is 0.0102 e. The first kappa shape index (κ1) is 22.9. The van der Waals surface area contributed by atoms with E-state index in [4.69, 9.17) is 0 Å². The van der Waals surface area contributed by atoms with Crippen LogP contribution in [0, 0.1) is 0 Å². The van der Waals surface area contributed by atoms with Gasteiger partial charge in [-0.15, -0.1) is 0 Å². The summed E-state index contributed by atoms with van der Waals surface area (Å²) >= 11 is 0. The monoisotopic (exact) mass is 402 g/mol. The number of fused-ring (bicyclic) bond motifs is 5. The van der Waals surface area contributed by atoms with Crippen molar-refractivity contribution >= 4 is 21.5 Å². The van der Waals surface area contributed by atoms with Crippen LogP contribution in [0.15, 0.2) is 48.5 Å². The van der Waals surface area contributed by atoms with E-state index in [-0.39, 0.29) is 0 Å². The Kier molecular flexibility index (Phi) is 9.74. The first-order chi connectivity index (χ1) is 14.8. The Balaban J connectivity index is 0.000000189. The molecule has 0 amide bonds. The highest BCUT2D eigenvalue weighted by atomic mass is 14.2. The van der Waals surface area contributed by atoms with Crippen molar-refractivity contribution in [3.05, 3.63) is 59.7 Å². The first-order valence-electron chi connectivity index (χ1n) is 12.8. The maximum atomic E-state index is 2.35. The van der Waals surface area contributed by atoms with Crippen molar-refractivity contribution in [1.82, 2.24) is 0 Å². The lowest BCUT2D eigenvalue weighted by Crippen LogP contribution is -2.02. The fourth-order valence-electron chi connectivity index (χ4n) is 4.90. The molecule has 1 aliphatic carbocycles. The molecule has 0 atom stereocenters. The van der Waals surface area contributed by atoms with Crippen LogP contribution < -0.4 is 0 Å². The summed E-state index contributed by atoms with van der Waals surface area (Å²) in [5.74, 6) is 0. The standard InChI is InChI=1S/C18H16.C12H26/c1-3-7-15-13(5-1)9-11-18-16-8-4-2-6-14(16)10-12-17(15)18;1-3-5-7-9-11-12-10-8-6-4-2/h1,3,5,7,9-12H,2,4,6,8H2;3-12H2,1-2H3. The van der Waals surface area contributed by atoms with E-state index >= 15 is 0 Å². The van der Waals surface area contributed by atoms with Crippen molar-refractivity contribution in [2.75, 3.05) is 0 Å². The van der Waals surface area contributed by atoms with Crippen molar-refractivity contribution in [1.29, 1.82) is 0 Å². The molecule has 1 aliphatic rings. The Hall–Kier alpha value is -1.82. The van der Waals surface area contributed by atoms with E-state index in [2.05, 4.69) is 62.4 Å².